The Morgan fingerprint density at radius 3 is 2.63 bits per heavy atom. The molecule has 0 spiro atoms. The van der Waals surface area contributed by atoms with Crippen molar-refractivity contribution >= 4 is 15.8 Å². The zero-order chi connectivity index (χ0) is 21.8. The third-order valence-corrected chi connectivity index (χ3v) is 6.43. The Bertz CT molecular complexity index is 769. The minimum atomic E-state index is -2.84. The minimum Gasteiger partial charge on any atom is -0.491 e. The summed E-state index contributed by atoms with van der Waals surface area (Å²) in [6.07, 6.45) is 0. The second-order valence-electron chi connectivity index (χ2n) is 7.27. The van der Waals surface area contributed by atoms with Gasteiger partial charge in [-0.25, -0.2) is 13.4 Å². The third-order valence-electron chi connectivity index (χ3n) is 4.82. The molecular formula is C21H36N4O4S. The first kappa shape index (κ1) is 24.4. The van der Waals surface area contributed by atoms with Crippen molar-refractivity contribution in [2.75, 3.05) is 64.1 Å². The van der Waals surface area contributed by atoms with Gasteiger partial charge in [0.05, 0.1) is 24.7 Å². The highest BCUT2D eigenvalue weighted by Gasteiger charge is 2.20. The van der Waals surface area contributed by atoms with Crippen LogP contribution in [0.15, 0.2) is 23.2 Å². The van der Waals surface area contributed by atoms with Gasteiger partial charge in [0.15, 0.2) is 15.8 Å². The molecule has 9 heteroatoms. The number of rotatable bonds is 11. The standard InChI is InChI=1S/C21H36N4O4S/c1-4-22-21(23-8-9-25-10-14-30(26,27)15-11-25)24-17-19-7-6-18(3)16-20(19)29-13-12-28-5-2/h6-7,16H,4-5,8-15,17H2,1-3H3,(H2,22,23,24). The van der Waals surface area contributed by atoms with Crippen LogP contribution in [0.5, 0.6) is 5.75 Å². The lowest BCUT2D eigenvalue weighted by atomic mass is 10.1. The number of aliphatic imine (C=N–C) groups is 1. The summed E-state index contributed by atoms with van der Waals surface area (Å²) in [6.45, 7) is 11.8. The molecule has 2 N–H and O–H groups in total. The molecule has 0 unspecified atom stereocenters. The maximum absolute atomic E-state index is 11.5. The summed E-state index contributed by atoms with van der Waals surface area (Å²) < 4.78 is 34.3. The van der Waals surface area contributed by atoms with Crippen molar-refractivity contribution in [1.29, 1.82) is 0 Å². The van der Waals surface area contributed by atoms with Crippen LogP contribution < -0.4 is 15.4 Å². The molecule has 0 aromatic heterocycles. The second-order valence-corrected chi connectivity index (χ2v) is 9.58. The number of nitrogens with one attached hydrogen (secondary N) is 2. The highest BCUT2D eigenvalue weighted by molar-refractivity contribution is 7.91. The number of benzene rings is 1. The van der Waals surface area contributed by atoms with Crippen LogP contribution in [0.2, 0.25) is 0 Å². The van der Waals surface area contributed by atoms with Gasteiger partial charge in [0.2, 0.25) is 0 Å². The summed E-state index contributed by atoms with van der Waals surface area (Å²) in [7, 11) is -2.84. The molecule has 0 atom stereocenters. The molecule has 0 radical (unpaired) electrons. The molecular weight excluding hydrogens is 404 g/mol. The highest BCUT2D eigenvalue weighted by atomic mass is 32.2. The smallest absolute Gasteiger partial charge is 0.191 e. The SMILES string of the molecule is CCNC(=NCc1ccc(C)cc1OCCOCC)NCCN1CCS(=O)(=O)CC1. The van der Waals surface area contributed by atoms with E-state index >= 15 is 0 Å². The number of ether oxygens (including phenoxy) is 2. The van der Waals surface area contributed by atoms with E-state index in [4.69, 9.17) is 14.5 Å². The number of nitrogens with zero attached hydrogens (tertiary/aromatic N) is 2. The third kappa shape index (κ3) is 8.89. The fourth-order valence-corrected chi connectivity index (χ4v) is 4.37. The Labute approximate surface area is 181 Å². The molecule has 0 aliphatic carbocycles. The molecule has 1 heterocycles. The van der Waals surface area contributed by atoms with E-state index in [-0.39, 0.29) is 11.5 Å². The summed E-state index contributed by atoms with van der Waals surface area (Å²) in [6, 6.07) is 6.14. The van der Waals surface area contributed by atoms with Gasteiger partial charge >= 0.3 is 0 Å². The summed E-state index contributed by atoms with van der Waals surface area (Å²) in [5.41, 5.74) is 2.17. The van der Waals surface area contributed by atoms with Crippen LogP contribution in [0.25, 0.3) is 0 Å². The zero-order valence-corrected chi connectivity index (χ0v) is 19.3. The van der Waals surface area contributed by atoms with Crippen LogP contribution in [0.3, 0.4) is 0 Å². The quantitative estimate of drug-likeness (QED) is 0.303. The van der Waals surface area contributed by atoms with Gasteiger partial charge in [-0.05, 0) is 32.4 Å². The fourth-order valence-electron chi connectivity index (χ4n) is 3.09. The number of sulfone groups is 1. The molecule has 0 saturated carbocycles. The lowest BCUT2D eigenvalue weighted by molar-refractivity contribution is 0.110. The Kier molecular flexibility index (Phi) is 10.4. The van der Waals surface area contributed by atoms with Gasteiger partial charge in [0.1, 0.15) is 12.4 Å². The van der Waals surface area contributed by atoms with Crippen molar-refractivity contribution < 1.29 is 17.9 Å². The van der Waals surface area contributed by atoms with Crippen LogP contribution in [-0.2, 0) is 21.1 Å². The minimum absolute atomic E-state index is 0.251. The molecule has 0 amide bonds. The van der Waals surface area contributed by atoms with Gasteiger partial charge in [0, 0.05) is 44.9 Å². The van der Waals surface area contributed by atoms with Crippen molar-refractivity contribution in [3.05, 3.63) is 29.3 Å². The fraction of sp³-hybridized carbons (Fsp3) is 0.667. The average Bonchev–Trinajstić information content (AvgIpc) is 2.71. The number of hydrogen-bond donors (Lipinski definition) is 2. The molecule has 1 aliphatic heterocycles. The maximum Gasteiger partial charge on any atom is 0.191 e. The van der Waals surface area contributed by atoms with E-state index < -0.39 is 9.84 Å². The van der Waals surface area contributed by atoms with Crippen molar-refractivity contribution in [3.63, 3.8) is 0 Å². The van der Waals surface area contributed by atoms with Crippen molar-refractivity contribution in [3.8, 4) is 5.75 Å². The van der Waals surface area contributed by atoms with Gasteiger partial charge in [-0.2, -0.15) is 0 Å². The van der Waals surface area contributed by atoms with Crippen LogP contribution in [-0.4, -0.2) is 83.3 Å². The first-order chi connectivity index (χ1) is 14.4. The van der Waals surface area contributed by atoms with Crippen molar-refractivity contribution in [1.82, 2.24) is 15.5 Å². The summed E-state index contributed by atoms with van der Waals surface area (Å²) in [5.74, 6) is 2.08. The van der Waals surface area contributed by atoms with E-state index in [1.807, 2.05) is 32.9 Å². The molecule has 1 aromatic carbocycles. The van der Waals surface area contributed by atoms with Gasteiger partial charge in [0.25, 0.3) is 0 Å². The molecule has 0 bridgehead atoms. The molecule has 30 heavy (non-hydrogen) atoms. The monoisotopic (exact) mass is 440 g/mol. The van der Waals surface area contributed by atoms with Gasteiger partial charge in [-0.15, -0.1) is 0 Å². The zero-order valence-electron chi connectivity index (χ0n) is 18.4. The van der Waals surface area contributed by atoms with Crippen molar-refractivity contribution in [2.24, 2.45) is 4.99 Å². The summed E-state index contributed by atoms with van der Waals surface area (Å²) in [4.78, 5) is 6.86. The molecule has 1 fully saturated rings. The summed E-state index contributed by atoms with van der Waals surface area (Å²) in [5, 5.41) is 6.59. The van der Waals surface area contributed by atoms with Crippen LogP contribution >= 0.6 is 0 Å². The predicted octanol–water partition coefficient (Wildman–Crippen LogP) is 1.20. The molecule has 170 valence electrons. The van der Waals surface area contributed by atoms with Crippen LogP contribution in [0.1, 0.15) is 25.0 Å². The van der Waals surface area contributed by atoms with E-state index in [1.165, 1.54) is 0 Å². The predicted molar refractivity (Wildman–Crippen MR) is 121 cm³/mol. The van der Waals surface area contributed by atoms with E-state index in [1.54, 1.807) is 0 Å². The molecule has 1 aromatic rings. The van der Waals surface area contributed by atoms with E-state index in [9.17, 15) is 8.42 Å². The molecule has 1 saturated heterocycles. The summed E-state index contributed by atoms with van der Waals surface area (Å²) >= 11 is 0. The molecule has 8 nitrogen and oxygen atoms in total. The lowest BCUT2D eigenvalue weighted by Crippen LogP contribution is -2.45. The number of hydrogen-bond acceptors (Lipinski definition) is 6. The van der Waals surface area contributed by atoms with Gasteiger partial charge in [-0.3, -0.25) is 4.90 Å². The van der Waals surface area contributed by atoms with E-state index in [2.05, 4.69) is 21.6 Å². The Morgan fingerprint density at radius 1 is 1.17 bits per heavy atom. The van der Waals surface area contributed by atoms with Gasteiger partial charge in [-0.1, -0.05) is 12.1 Å². The highest BCUT2D eigenvalue weighted by Crippen LogP contribution is 2.21. The van der Waals surface area contributed by atoms with Gasteiger partial charge < -0.3 is 20.1 Å². The number of aryl methyl sites for hydroxylation is 1. The molecule has 2 rings (SSSR count). The first-order valence-corrected chi connectivity index (χ1v) is 12.5. The largest absolute Gasteiger partial charge is 0.491 e. The normalized spacial score (nSPS) is 17.0. The first-order valence-electron chi connectivity index (χ1n) is 10.7. The second kappa shape index (κ2) is 12.8. The van der Waals surface area contributed by atoms with E-state index in [0.717, 1.165) is 35.9 Å². The maximum atomic E-state index is 11.5. The number of guanidine groups is 1. The van der Waals surface area contributed by atoms with Crippen molar-refractivity contribution in [2.45, 2.75) is 27.3 Å². The van der Waals surface area contributed by atoms with Crippen LogP contribution in [0, 0.1) is 6.92 Å². The Morgan fingerprint density at radius 2 is 1.93 bits per heavy atom. The average molecular weight is 441 g/mol. The lowest BCUT2D eigenvalue weighted by Gasteiger charge is -2.26. The van der Waals surface area contributed by atoms with E-state index in [0.29, 0.717) is 46.0 Å². The Hall–Kier alpha value is -1.84. The molecule has 1 aliphatic rings. The van der Waals surface area contributed by atoms with Crippen LogP contribution in [0.4, 0.5) is 0 Å². The topological polar surface area (TPSA) is 92.3 Å². The Balaban J connectivity index is 1.89.